The number of likely N-dealkylation sites (tertiary alicyclic amines) is 1. The van der Waals surface area contributed by atoms with E-state index in [-0.39, 0.29) is 11.3 Å². The molecule has 2 fully saturated rings. The van der Waals surface area contributed by atoms with E-state index in [1.807, 2.05) is 11.0 Å². The van der Waals surface area contributed by atoms with Crippen molar-refractivity contribution >= 4 is 5.91 Å². The molecule has 1 aliphatic heterocycles. The Morgan fingerprint density at radius 3 is 2.80 bits per heavy atom. The fourth-order valence-corrected chi connectivity index (χ4v) is 1.88. The fourth-order valence-electron chi connectivity index (χ4n) is 1.88. The van der Waals surface area contributed by atoms with Crippen molar-refractivity contribution in [3.05, 3.63) is 17.5 Å². The molecule has 4 heteroatoms. The Balaban J connectivity index is 1.80. The van der Waals surface area contributed by atoms with Crippen LogP contribution in [0.3, 0.4) is 0 Å². The number of H-pyrrole nitrogens is 1. The molecule has 4 nitrogen and oxygen atoms in total. The third kappa shape index (κ3) is 1.35. The van der Waals surface area contributed by atoms with Crippen molar-refractivity contribution < 1.29 is 4.79 Å². The number of rotatable bonds is 2. The quantitative estimate of drug-likeness (QED) is 0.791. The maximum atomic E-state index is 11.8. The van der Waals surface area contributed by atoms with Gasteiger partial charge >= 0.3 is 0 Å². The predicted octanol–water partition coefficient (Wildman–Crippen LogP) is 1.31. The van der Waals surface area contributed by atoms with Gasteiger partial charge in [0.2, 0.25) is 0 Å². The van der Waals surface area contributed by atoms with E-state index in [1.165, 1.54) is 12.8 Å². The van der Waals surface area contributed by atoms with Crippen molar-refractivity contribution in [1.29, 1.82) is 0 Å². The summed E-state index contributed by atoms with van der Waals surface area (Å²) in [6.45, 7) is 3.98. The van der Waals surface area contributed by atoms with Crippen LogP contribution >= 0.6 is 0 Å². The van der Waals surface area contributed by atoms with Gasteiger partial charge in [-0.2, -0.15) is 5.10 Å². The first-order valence-corrected chi connectivity index (χ1v) is 5.54. The molecule has 1 aliphatic carbocycles. The van der Waals surface area contributed by atoms with Crippen molar-refractivity contribution in [2.24, 2.45) is 0 Å². The molecule has 0 atom stereocenters. The van der Waals surface area contributed by atoms with Crippen LogP contribution in [0.15, 0.2) is 6.07 Å². The number of amides is 1. The van der Waals surface area contributed by atoms with Crippen molar-refractivity contribution in [3.8, 4) is 0 Å². The SMILES string of the molecule is CC1(c2cc(C(=O)N3CCC3)n[nH]2)CC1. The highest BCUT2D eigenvalue weighted by Gasteiger charge is 2.41. The highest BCUT2D eigenvalue weighted by molar-refractivity contribution is 5.92. The van der Waals surface area contributed by atoms with Crippen LogP contribution in [-0.4, -0.2) is 34.1 Å². The number of aromatic nitrogens is 2. The van der Waals surface area contributed by atoms with Crippen molar-refractivity contribution in [1.82, 2.24) is 15.1 Å². The molecule has 15 heavy (non-hydrogen) atoms. The Hall–Kier alpha value is -1.32. The second-order valence-corrected chi connectivity index (χ2v) is 4.87. The van der Waals surface area contributed by atoms with Crippen LogP contribution in [0.1, 0.15) is 42.4 Å². The highest BCUT2D eigenvalue weighted by atomic mass is 16.2. The van der Waals surface area contributed by atoms with Gasteiger partial charge in [0.05, 0.1) is 0 Å². The van der Waals surface area contributed by atoms with Gasteiger partial charge in [-0.1, -0.05) is 6.92 Å². The minimum Gasteiger partial charge on any atom is -0.337 e. The molecule has 1 amide bonds. The third-order valence-electron chi connectivity index (χ3n) is 3.59. The Morgan fingerprint density at radius 2 is 2.27 bits per heavy atom. The maximum absolute atomic E-state index is 11.8. The summed E-state index contributed by atoms with van der Waals surface area (Å²) in [4.78, 5) is 13.7. The van der Waals surface area contributed by atoms with Gasteiger partial charge in [-0.25, -0.2) is 0 Å². The average molecular weight is 205 g/mol. The number of nitrogens with zero attached hydrogens (tertiary/aromatic N) is 2. The normalized spacial score (nSPS) is 22.3. The molecule has 0 aromatic carbocycles. The molecule has 2 heterocycles. The molecule has 0 radical (unpaired) electrons. The molecule has 1 aromatic heterocycles. The summed E-state index contributed by atoms with van der Waals surface area (Å²) in [7, 11) is 0. The Labute approximate surface area is 88.7 Å². The topological polar surface area (TPSA) is 49.0 Å². The summed E-state index contributed by atoms with van der Waals surface area (Å²) < 4.78 is 0. The molecule has 1 saturated carbocycles. The average Bonchev–Trinajstić information content (AvgIpc) is 2.71. The second-order valence-electron chi connectivity index (χ2n) is 4.87. The van der Waals surface area contributed by atoms with Crippen LogP contribution in [0.4, 0.5) is 0 Å². The molecule has 3 rings (SSSR count). The Kier molecular flexibility index (Phi) is 1.69. The van der Waals surface area contributed by atoms with Crippen LogP contribution in [0.2, 0.25) is 0 Å². The molecule has 1 N–H and O–H groups in total. The van der Waals surface area contributed by atoms with Gasteiger partial charge < -0.3 is 4.90 Å². The van der Waals surface area contributed by atoms with Gasteiger partial charge in [0.1, 0.15) is 5.69 Å². The number of aromatic amines is 1. The largest absolute Gasteiger partial charge is 0.337 e. The zero-order chi connectivity index (χ0) is 10.5. The number of carbonyl (C=O) groups is 1. The molecular weight excluding hydrogens is 190 g/mol. The Bertz CT molecular complexity index is 402. The summed E-state index contributed by atoms with van der Waals surface area (Å²) >= 11 is 0. The van der Waals surface area contributed by atoms with E-state index in [2.05, 4.69) is 17.1 Å². The first-order valence-electron chi connectivity index (χ1n) is 5.54. The molecular formula is C11H15N3O. The van der Waals surface area contributed by atoms with Crippen LogP contribution in [0.5, 0.6) is 0 Å². The first-order chi connectivity index (χ1) is 7.19. The highest BCUT2D eigenvalue weighted by Crippen LogP contribution is 2.46. The Morgan fingerprint density at radius 1 is 1.53 bits per heavy atom. The number of hydrogen-bond donors (Lipinski definition) is 1. The zero-order valence-electron chi connectivity index (χ0n) is 8.92. The lowest BCUT2D eigenvalue weighted by molar-refractivity contribution is 0.0645. The van der Waals surface area contributed by atoms with Crippen LogP contribution in [-0.2, 0) is 5.41 Å². The lowest BCUT2D eigenvalue weighted by Crippen LogP contribution is -2.42. The van der Waals surface area contributed by atoms with Gasteiger partial charge in [0.25, 0.3) is 5.91 Å². The number of hydrogen-bond acceptors (Lipinski definition) is 2. The lowest BCUT2D eigenvalue weighted by atomic mass is 10.1. The van der Waals surface area contributed by atoms with Gasteiger partial charge in [-0.15, -0.1) is 0 Å². The van der Waals surface area contributed by atoms with Crippen molar-refractivity contribution in [2.45, 2.75) is 31.6 Å². The first kappa shape index (κ1) is 8.95. The van der Waals surface area contributed by atoms with E-state index in [0.29, 0.717) is 5.69 Å². The summed E-state index contributed by atoms with van der Waals surface area (Å²) in [5, 5.41) is 7.10. The molecule has 1 saturated heterocycles. The van der Waals surface area contributed by atoms with Crippen LogP contribution < -0.4 is 0 Å². The third-order valence-corrected chi connectivity index (χ3v) is 3.59. The summed E-state index contributed by atoms with van der Waals surface area (Å²) in [6.07, 6.45) is 3.53. The number of nitrogens with one attached hydrogen (secondary N) is 1. The molecule has 2 aliphatic rings. The molecule has 0 unspecified atom stereocenters. The standard InChI is InChI=1S/C11H15N3O/c1-11(3-4-11)9-7-8(12-13-9)10(15)14-5-2-6-14/h7H,2-6H2,1H3,(H,12,13). The lowest BCUT2D eigenvalue weighted by Gasteiger charge is -2.29. The van der Waals surface area contributed by atoms with Gasteiger partial charge in [-0.3, -0.25) is 9.89 Å². The summed E-state index contributed by atoms with van der Waals surface area (Å²) in [5.41, 5.74) is 1.96. The molecule has 80 valence electrons. The minimum absolute atomic E-state index is 0.0769. The minimum atomic E-state index is 0.0769. The van der Waals surface area contributed by atoms with Gasteiger partial charge in [-0.05, 0) is 25.3 Å². The maximum Gasteiger partial charge on any atom is 0.274 e. The summed E-state index contributed by atoms with van der Waals surface area (Å²) in [5.74, 6) is 0.0769. The van der Waals surface area contributed by atoms with E-state index < -0.39 is 0 Å². The van der Waals surface area contributed by atoms with E-state index in [1.54, 1.807) is 0 Å². The number of carbonyl (C=O) groups excluding carboxylic acids is 1. The van der Waals surface area contributed by atoms with E-state index in [0.717, 1.165) is 25.2 Å². The fraction of sp³-hybridized carbons (Fsp3) is 0.636. The van der Waals surface area contributed by atoms with Gasteiger partial charge in [0, 0.05) is 24.2 Å². The van der Waals surface area contributed by atoms with Gasteiger partial charge in [0.15, 0.2) is 0 Å². The molecule has 0 spiro atoms. The molecule has 1 aromatic rings. The van der Waals surface area contributed by atoms with Crippen molar-refractivity contribution in [2.75, 3.05) is 13.1 Å². The van der Waals surface area contributed by atoms with Crippen LogP contribution in [0, 0.1) is 0 Å². The van der Waals surface area contributed by atoms with E-state index in [4.69, 9.17) is 0 Å². The second kappa shape index (κ2) is 2.84. The van der Waals surface area contributed by atoms with E-state index in [9.17, 15) is 4.79 Å². The monoisotopic (exact) mass is 205 g/mol. The van der Waals surface area contributed by atoms with E-state index >= 15 is 0 Å². The smallest absolute Gasteiger partial charge is 0.274 e. The predicted molar refractivity (Wildman–Crippen MR) is 55.7 cm³/mol. The van der Waals surface area contributed by atoms with Crippen molar-refractivity contribution in [3.63, 3.8) is 0 Å². The zero-order valence-corrected chi connectivity index (χ0v) is 8.92. The summed E-state index contributed by atoms with van der Waals surface area (Å²) in [6, 6.07) is 1.92. The van der Waals surface area contributed by atoms with Crippen LogP contribution in [0.25, 0.3) is 0 Å². The molecule has 0 bridgehead atoms.